The van der Waals surface area contributed by atoms with Crippen molar-refractivity contribution in [1.82, 2.24) is 0 Å². The summed E-state index contributed by atoms with van der Waals surface area (Å²) in [5, 5.41) is 0. The van der Waals surface area contributed by atoms with Gasteiger partial charge in [-0.15, -0.1) is 0 Å². The van der Waals surface area contributed by atoms with Crippen molar-refractivity contribution in [2.45, 2.75) is 85.5 Å². The standard InChI is InChI=1S/C6H12.C4H10.C3H8/c1-2-4-6-5-3-1;1-3-4-2;1-3-2/h1-6H2;3-4H2,1-2H3;3H2,1-2H3. The largest absolute Gasteiger partial charge is 0.0656 e. The summed E-state index contributed by atoms with van der Waals surface area (Å²) in [5.74, 6) is 0. The van der Waals surface area contributed by atoms with Gasteiger partial charge in [-0.3, -0.25) is 0 Å². The molecule has 0 spiro atoms. The minimum absolute atomic E-state index is 1.25. The molecule has 0 aliphatic heterocycles. The van der Waals surface area contributed by atoms with Crippen molar-refractivity contribution in [2.75, 3.05) is 0 Å². The molecule has 0 amide bonds. The summed E-state index contributed by atoms with van der Waals surface area (Å²) in [7, 11) is 0. The Labute approximate surface area is 86.1 Å². The minimum atomic E-state index is 1.25. The van der Waals surface area contributed by atoms with Crippen LogP contribution in [0.1, 0.15) is 85.5 Å². The molecule has 0 heteroatoms. The Balaban J connectivity index is 0. The van der Waals surface area contributed by atoms with Gasteiger partial charge in [0, 0.05) is 0 Å². The Morgan fingerprint density at radius 1 is 0.538 bits per heavy atom. The molecule has 0 aromatic heterocycles. The van der Waals surface area contributed by atoms with Crippen LogP contribution in [0.4, 0.5) is 0 Å². The van der Waals surface area contributed by atoms with E-state index < -0.39 is 0 Å². The summed E-state index contributed by atoms with van der Waals surface area (Å²) in [5.41, 5.74) is 0. The van der Waals surface area contributed by atoms with Crippen LogP contribution in [0.2, 0.25) is 0 Å². The van der Waals surface area contributed by atoms with Crippen LogP contribution >= 0.6 is 0 Å². The minimum Gasteiger partial charge on any atom is -0.0656 e. The van der Waals surface area contributed by atoms with Crippen LogP contribution in [0.5, 0.6) is 0 Å². The molecule has 0 heterocycles. The van der Waals surface area contributed by atoms with E-state index >= 15 is 0 Å². The van der Waals surface area contributed by atoms with E-state index in [1.807, 2.05) is 0 Å². The van der Waals surface area contributed by atoms with Gasteiger partial charge in [-0.2, -0.15) is 0 Å². The van der Waals surface area contributed by atoms with Gasteiger partial charge in [-0.05, 0) is 0 Å². The predicted octanol–water partition coefficient (Wildman–Crippen LogP) is 5.56. The van der Waals surface area contributed by atoms with E-state index in [-0.39, 0.29) is 0 Å². The first-order chi connectivity index (χ1) is 6.33. The molecule has 0 aromatic rings. The molecule has 0 radical (unpaired) electrons. The molecule has 0 saturated heterocycles. The highest BCUT2D eigenvalue weighted by atomic mass is 14.0. The van der Waals surface area contributed by atoms with Gasteiger partial charge in [0.1, 0.15) is 0 Å². The second kappa shape index (κ2) is 17.9. The molecule has 0 N–H and O–H groups in total. The molecular formula is C13H30. The molecule has 1 aliphatic rings. The maximum atomic E-state index is 2.18. The first kappa shape index (κ1) is 15.5. The molecule has 0 nitrogen and oxygen atoms in total. The quantitative estimate of drug-likeness (QED) is 0.502. The average Bonchev–Trinajstić information content (AvgIpc) is 2.22. The lowest BCUT2D eigenvalue weighted by Gasteiger charge is -2.05. The summed E-state index contributed by atoms with van der Waals surface area (Å²) >= 11 is 0. The van der Waals surface area contributed by atoms with Crippen LogP contribution in [0.25, 0.3) is 0 Å². The summed E-state index contributed by atoms with van der Waals surface area (Å²) in [6.45, 7) is 8.61. The lowest BCUT2D eigenvalue weighted by atomic mass is 10.0. The van der Waals surface area contributed by atoms with Crippen molar-refractivity contribution in [3.8, 4) is 0 Å². The molecular weight excluding hydrogens is 156 g/mol. The number of rotatable bonds is 1. The smallest absolute Gasteiger partial charge is 0.0533 e. The van der Waals surface area contributed by atoms with E-state index in [1.54, 1.807) is 0 Å². The van der Waals surface area contributed by atoms with Crippen LogP contribution in [0, 0.1) is 0 Å². The van der Waals surface area contributed by atoms with Crippen molar-refractivity contribution in [3.05, 3.63) is 0 Å². The summed E-state index contributed by atoms with van der Waals surface area (Å²) in [6.07, 6.45) is 12.9. The van der Waals surface area contributed by atoms with E-state index in [1.165, 1.54) is 57.8 Å². The van der Waals surface area contributed by atoms with Gasteiger partial charge < -0.3 is 0 Å². The predicted molar refractivity (Wildman–Crippen MR) is 64.2 cm³/mol. The van der Waals surface area contributed by atoms with Crippen molar-refractivity contribution in [2.24, 2.45) is 0 Å². The van der Waals surface area contributed by atoms with Gasteiger partial charge in [0.05, 0.1) is 0 Å². The molecule has 1 aliphatic carbocycles. The lowest BCUT2D eigenvalue weighted by Crippen LogP contribution is -1.85. The average molecular weight is 186 g/mol. The Morgan fingerprint density at radius 2 is 0.692 bits per heavy atom. The van der Waals surface area contributed by atoms with Crippen LogP contribution in [-0.2, 0) is 0 Å². The van der Waals surface area contributed by atoms with E-state index in [9.17, 15) is 0 Å². The van der Waals surface area contributed by atoms with Gasteiger partial charge in [0.2, 0.25) is 0 Å². The maximum Gasteiger partial charge on any atom is -0.0533 e. The zero-order chi connectivity index (χ0) is 10.4. The molecule has 13 heavy (non-hydrogen) atoms. The monoisotopic (exact) mass is 186 g/mol. The first-order valence-corrected chi connectivity index (χ1v) is 6.33. The van der Waals surface area contributed by atoms with Crippen molar-refractivity contribution in [3.63, 3.8) is 0 Å². The fourth-order valence-corrected chi connectivity index (χ4v) is 1.06. The lowest BCUT2D eigenvalue weighted by molar-refractivity contribution is 0.504. The number of unbranched alkanes of at least 4 members (excludes halogenated alkanes) is 1. The first-order valence-electron chi connectivity index (χ1n) is 6.33. The normalized spacial score (nSPS) is 14.8. The highest BCUT2D eigenvalue weighted by Gasteiger charge is 1.95. The summed E-state index contributed by atoms with van der Waals surface area (Å²) in [6, 6.07) is 0. The molecule has 0 atom stereocenters. The van der Waals surface area contributed by atoms with E-state index in [0.29, 0.717) is 0 Å². The van der Waals surface area contributed by atoms with Crippen molar-refractivity contribution >= 4 is 0 Å². The van der Waals surface area contributed by atoms with Gasteiger partial charge in [-0.1, -0.05) is 85.5 Å². The molecule has 0 aromatic carbocycles. The maximum absolute atomic E-state index is 2.18. The Hall–Kier alpha value is 0. The van der Waals surface area contributed by atoms with Crippen LogP contribution in [-0.4, -0.2) is 0 Å². The molecule has 0 bridgehead atoms. The highest BCUT2D eigenvalue weighted by molar-refractivity contribution is 4.51. The van der Waals surface area contributed by atoms with Crippen LogP contribution < -0.4 is 0 Å². The molecule has 1 fully saturated rings. The number of hydrogen-bond donors (Lipinski definition) is 0. The third-order valence-corrected chi connectivity index (χ3v) is 2.00. The van der Waals surface area contributed by atoms with Gasteiger partial charge in [-0.25, -0.2) is 0 Å². The topological polar surface area (TPSA) is 0 Å². The summed E-state index contributed by atoms with van der Waals surface area (Å²) < 4.78 is 0. The molecule has 1 rings (SSSR count). The SMILES string of the molecule is C1CCCCC1.CCC.CCCC. The van der Waals surface area contributed by atoms with Gasteiger partial charge in [0.15, 0.2) is 0 Å². The van der Waals surface area contributed by atoms with Gasteiger partial charge in [0.25, 0.3) is 0 Å². The third kappa shape index (κ3) is 24.5. The fourth-order valence-electron chi connectivity index (χ4n) is 1.06. The number of hydrogen-bond acceptors (Lipinski definition) is 0. The zero-order valence-electron chi connectivity index (χ0n) is 10.4. The fraction of sp³-hybridized carbons (Fsp3) is 1.00. The Morgan fingerprint density at radius 3 is 0.769 bits per heavy atom. The third-order valence-electron chi connectivity index (χ3n) is 2.00. The molecule has 0 unspecified atom stereocenters. The van der Waals surface area contributed by atoms with Gasteiger partial charge >= 0.3 is 0 Å². The Bertz CT molecular complexity index is 39.5. The van der Waals surface area contributed by atoms with Crippen molar-refractivity contribution in [1.29, 1.82) is 0 Å². The molecule has 1 saturated carbocycles. The van der Waals surface area contributed by atoms with Crippen LogP contribution in [0.15, 0.2) is 0 Å². The second-order valence-electron chi connectivity index (χ2n) is 3.83. The Kier molecular flexibility index (Phi) is 21.3. The van der Waals surface area contributed by atoms with Crippen LogP contribution in [0.3, 0.4) is 0 Å². The zero-order valence-corrected chi connectivity index (χ0v) is 10.4. The van der Waals surface area contributed by atoms with E-state index in [2.05, 4.69) is 27.7 Å². The van der Waals surface area contributed by atoms with E-state index in [4.69, 9.17) is 0 Å². The summed E-state index contributed by atoms with van der Waals surface area (Å²) in [4.78, 5) is 0. The van der Waals surface area contributed by atoms with Crippen molar-refractivity contribution < 1.29 is 0 Å². The van der Waals surface area contributed by atoms with E-state index in [0.717, 1.165) is 0 Å². The molecule has 82 valence electrons. The second-order valence-corrected chi connectivity index (χ2v) is 3.83. The highest BCUT2D eigenvalue weighted by Crippen LogP contribution is 2.15.